The molecule has 0 spiro atoms. The smallest absolute Gasteiger partial charge is 0.0326 e. The zero-order chi connectivity index (χ0) is 13.1. The molecule has 19 heavy (non-hydrogen) atoms. The minimum Gasteiger partial charge on any atom is -0.310 e. The molecule has 0 saturated carbocycles. The van der Waals surface area contributed by atoms with Gasteiger partial charge in [-0.05, 0) is 49.4 Å². The van der Waals surface area contributed by atoms with Crippen molar-refractivity contribution in [2.45, 2.75) is 32.2 Å². The third-order valence-corrected chi connectivity index (χ3v) is 4.02. The molecule has 0 aliphatic carbocycles. The molecule has 1 aliphatic heterocycles. The van der Waals surface area contributed by atoms with Crippen LogP contribution in [0.4, 0.5) is 0 Å². The average Bonchev–Trinajstić information content (AvgIpc) is 2.45. The van der Waals surface area contributed by atoms with Gasteiger partial charge >= 0.3 is 0 Å². The van der Waals surface area contributed by atoms with Gasteiger partial charge in [0.1, 0.15) is 0 Å². The SMILES string of the molecule is Cc1cccc(CCC2NCCc3ccccc32)c1. The van der Waals surface area contributed by atoms with Crippen LogP contribution in [0.5, 0.6) is 0 Å². The Hall–Kier alpha value is -1.60. The maximum absolute atomic E-state index is 3.66. The van der Waals surface area contributed by atoms with Crippen LogP contribution in [0.3, 0.4) is 0 Å². The molecule has 0 bridgehead atoms. The molecular formula is C18H21N. The van der Waals surface area contributed by atoms with Crippen LogP contribution >= 0.6 is 0 Å². The zero-order valence-corrected chi connectivity index (χ0v) is 11.5. The minimum atomic E-state index is 0.519. The molecule has 0 aromatic heterocycles. The van der Waals surface area contributed by atoms with Crippen molar-refractivity contribution in [2.24, 2.45) is 0 Å². The second-order valence-electron chi connectivity index (χ2n) is 5.48. The van der Waals surface area contributed by atoms with E-state index in [-0.39, 0.29) is 0 Å². The van der Waals surface area contributed by atoms with Gasteiger partial charge < -0.3 is 5.32 Å². The predicted octanol–water partition coefficient (Wildman–Crippen LogP) is 3.81. The van der Waals surface area contributed by atoms with E-state index in [9.17, 15) is 0 Å². The highest BCUT2D eigenvalue weighted by Crippen LogP contribution is 2.26. The first-order chi connectivity index (χ1) is 9.33. The number of hydrogen-bond acceptors (Lipinski definition) is 1. The van der Waals surface area contributed by atoms with Crippen molar-refractivity contribution in [3.8, 4) is 0 Å². The second kappa shape index (κ2) is 5.58. The van der Waals surface area contributed by atoms with Gasteiger partial charge in [0, 0.05) is 6.04 Å². The Morgan fingerprint density at radius 2 is 2.00 bits per heavy atom. The highest BCUT2D eigenvalue weighted by molar-refractivity contribution is 5.32. The third kappa shape index (κ3) is 2.87. The summed E-state index contributed by atoms with van der Waals surface area (Å²) in [7, 11) is 0. The van der Waals surface area contributed by atoms with E-state index in [0.717, 1.165) is 19.4 Å². The Morgan fingerprint density at radius 1 is 1.11 bits per heavy atom. The Balaban J connectivity index is 1.71. The Bertz CT molecular complexity index is 559. The second-order valence-corrected chi connectivity index (χ2v) is 5.48. The van der Waals surface area contributed by atoms with Crippen molar-refractivity contribution in [3.63, 3.8) is 0 Å². The van der Waals surface area contributed by atoms with Crippen molar-refractivity contribution in [3.05, 3.63) is 70.8 Å². The molecule has 1 atom stereocenters. The van der Waals surface area contributed by atoms with Gasteiger partial charge in [0.25, 0.3) is 0 Å². The molecule has 1 aliphatic rings. The summed E-state index contributed by atoms with van der Waals surface area (Å²) in [6.07, 6.45) is 3.49. The fourth-order valence-electron chi connectivity index (χ4n) is 3.03. The van der Waals surface area contributed by atoms with Crippen LogP contribution in [-0.2, 0) is 12.8 Å². The molecule has 98 valence electrons. The van der Waals surface area contributed by atoms with Gasteiger partial charge in [-0.3, -0.25) is 0 Å². The molecule has 1 unspecified atom stereocenters. The Kier molecular flexibility index (Phi) is 3.65. The van der Waals surface area contributed by atoms with Crippen molar-refractivity contribution in [1.82, 2.24) is 5.32 Å². The van der Waals surface area contributed by atoms with Crippen molar-refractivity contribution in [1.29, 1.82) is 0 Å². The van der Waals surface area contributed by atoms with Crippen LogP contribution in [0, 0.1) is 6.92 Å². The molecule has 2 aromatic carbocycles. The minimum absolute atomic E-state index is 0.519. The summed E-state index contributed by atoms with van der Waals surface area (Å²) in [5.74, 6) is 0. The molecule has 2 aromatic rings. The highest BCUT2D eigenvalue weighted by Gasteiger charge is 2.18. The van der Waals surface area contributed by atoms with E-state index in [1.807, 2.05) is 0 Å². The van der Waals surface area contributed by atoms with Gasteiger partial charge in [-0.15, -0.1) is 0 Å². The van der Waals surface area contributed by atoms with E-state index in [4.69, 9.17) is 0 Å². The maximum atomic E-state index is 3.66. The average molecular weight is 251 g/mol. The lowest BCUT2D eigenvalue weighted by Gasteiger charge is -2.27. The summed E-state index contributed by atoms with van der Waals surface area (Å²) in [4.78, 5) is 0. The van der Waals surface area contributed by atoms with Crippen LogP contribution in [0.15, 0.2) is 48.5 Å². The molecule has 1 N–H and O–H groups in total. The third-order valence-electron chi connectivity index (χ3n) is 4.02. The summed E-state index contributed by atoms with van der Waals surface area (Å²) in [5.41, 5.74) is 5.83. The van der Waals surface area contributed by atoms with Gasteiger partial charge in [0.2, 0.25) is 0 Å². The lowest BCUT2D eigenvalue weighted by atomic mass is 9.90. The van der Waals surface area contributed by atoms with E-state index in [1.165, 1.54) is 28.7 Å². The predicted molar refractivity (Wildman–Crippen MR) is 80.4 cm³/mol. The normalized spacial score (nSPS) is 18.1. The first-order valence-corrected chi connectivity index (χ1v) is 7.19. The van der Waals surface area contributed by atoms with Gasteiger partial charge in [-0.25, -0.2) is 0 Å². The summed E-state index contributed by atoms with van der Waals surface area (Å²) in [6.45, 7) is 3.27. The van der Waals surface area contributed by atoms with Crippen LogP contribution < -0.4 is 5.32 Å². The molecule has 1 nitrogen and oxygen atoms in total. The van der Waals surface area contributed by atoms with E-state index in [0.29, 0.717) is 6.04 Å². The largest absolute Gasteiger partial charge is 0.310 e. The number of aryl methyl sites for hydroxylation is 2. The van der Waals surface area contributed by atoms with Crippen LogP contribution in [0.25, 0.3) is 0 Å². The molecule has 0 amide bonds. The van der Waals surface area contributed by atoms with Gasteiger partial charge in [-0.2, -0.15) is 0 Å². The molecule has 1 heterocycles. The van der Waals surface area contributed by atoms with E-state index in [2.05, 4.69) is 60.8 Å². The molecular weight excluding hydrogens is 230 g/mol. The molecule has 1 heteroatoms. The fourth-order valence-corrected chi connectivity index (χ4v) is 3.03. The van der Waals surface area contributed by atoms with E-state index >= 15 is 0 Å². The van der Waals surface area contributed by atoms with Crippen molar-refractivity contribution in [2.75, 3.05) is 6.54 Å². The Morgan fingerprint density at radius 3 is 2.89 bits per heavy atom. The van der Waals surface area contributed by atoms with Gasteiger partial charge in [0.15, 0.2) is 0 Å². The van der Waals surface area contributed by atoms with Gasteiger partial charge in [0.05, 0.1) is 0 Å². The number of nitrogens with one attached hydrogen (secondary N) is 1. The summed E-state index contributed by atoms with van der Waals surface area (Å²) < 4.78 is 0. The first kappa shape index (κ1) is 12.4. The van der Waals surface area contributed by atoms with Crippen molar-refractivity contribution >= 4 is 0 Å². The zero-order valence-electron chi connectivity index (χ0n) is 11.5. The van der Waals surface area contributed by atoms with Crippen LogP contribution in [-0.4, -0.2) is 6.54 Å². The standard InChI is InChI=1S/C18H21N/c1-14-5-4-6-15(13-14)9-10-18-17-8-3-2-7-16(17)11-12-19-18/h2-8,13,18-19H,9-12H2,1H3. The van der Waals surface area contributed by atoms with Gasteiger partial charge in [-0.1, -0.05) is 54.1 Å². The maximum Gasteiger partial charge on any atom is 0.0326 e. The molecule has 3 rings (SSSR count). The van der Waals surface area contributed by atoms with Crippen LogP contribution in [0.1, 0.15) is 34.7 Å². The topological polar surface area (TPSA) is 12.0 Å². The van der Waals surface area contributed by atoms with Crippen molar-refractivity contribution < 1.29 is 0 Å². The number of hydrogen-bond donors (Lipinski definition) is 1. The number of fused-ring (bicyclic) bond motifs is 1. The first-order valence-electron chi connectivity index (χ1n) is 7.19. The fraction of sp³-hybridized carbons (Fsp3) is 0.333. The Labute approximate surface area is 115 Å². The van der Waals surface area contributed by atoms with E-state index in [1.54, 1.807) is 0 Å². The molecule has 0 saturated heterocycles. The lowest BCUT2D eigenvalue weighted by molar-refractivity contribution is 0.475. The molecule has 0 radical (unpaired) electrons. The summed E-state index contributed by atoms with van der Waals surface area (Å²) >= 11 is 0. The quantitative estimate of drug-likeness (QED) is 0.874. The van der Waals surface area contributed by atoms with Crippen LogP contribution in [0.2, 0.25) is 0 Å². The highest BCUT2D eigenvalue weighted by atomic mass is 14.9. The summed E-state index contributed by atoms with van der Waals surface area (Å²) in [6, 6.07) is 18.2. The van der Waals surface area contributed by atoms with E-state index < -0.39 is 0 Å². The number of benzene rings is 2. The number of rotatable bonds is 3. The molecule has 0 fully saturated rings. The summed E-state index contributed by atoms with van der Waals surface area (Å²) in [5, 5.41) is 3.66. The lowest BCUT2D eigenvalue weighted by Crippen LogP contribution is -2.30. The monoisotopic (exact) mass is 251 g/mol.